The highest BCUT2D eigenvalue weighted by Gasteiger charge is 2.40. The zero-order valence-corrected chi connectivity index (χ0v) is 15.9. The average molecular weight is 351 g/mol. The van der Waals surface area contributed by atoms with Gasteiger partial charge in [-0.25, -0.2) is 0 Å². The minimum Gasteiger partial charge on any atom is -0.354 e. The third kappa shape index (κ3) is 4.75. The maximum atomic E-state index is 12.6. The Hall–Kier alpha value is -1.10. The molecule has 3 unspecified atom stereocenters. The Bertz CT molecular complexity index is 462. The first-order chi connectivity index (χ1) is 12.2. The van der Waals surface area contributed by atoms with Gasteiger partial charge >= 0.3 is 0 Å². The van der Waals surface area contributed by atoms with Gasteiger partial charge in [0.25, 0.3) is 0 Å². The molecule has 3 atom stereocenters. The number of amides is 2. The van der Waals surface area contributed by atoms with Crippen LogP contribution in [0.4, 0.5) is 0 Å². The van der Waals surface area contributed by atoms with Gasteiger partial charge in [-0.15, -0.1) is 0 Å². The van der Waals surface area contributed by atoms with Gasteiger partial charge in [-0.2, -0.15) is 0 Å². The Morgan fingerprint density at radius 1 is 1.12 bits per heavy atom. The van der Waals surface area contributed by atoms with Crippen molar-refractivity contribution in [2.45, 2.75) is 95.7 Å². The van der Waals surface area contributed by atoms with Crippen LogP contribution in [0, 0.1) is 0 Å². The molecule has 2 saturated heterocycles. The number of likely N-dealkylation sites (tertiary alicyclic amines) is 2. The highest BCUT2D eigenvalue weighted by molar-refractivity contribution is 5.91. The van der Waals surface area contributed by atoms with E-state index in [1.165, 1.54) is 45.1 Å². The van der Waals surface area contributed by atoms with E-state index in [9.17, 15) is 9.59 Å². The zero-order valence-electron chi connectivity index (χ0n) is 15.9. The molecule has 2 heterocycles. The van der Waals surface area contributed by atoms with Crippen LogP contribution >= 0.6 is 0 Å². The first-order valence-corrected chi connectivity index (χ1v) is 10.6. The molecule has 2 N–H and O–H groups in total. The minimum atomic E-state index is -0.211. The molecular formula is C20H36N3O2+. The highest BCUT2D eigenvalue weighted by atomic mass is 16.2. The van der Waals surface area contributed by atoms with Gasteiger partial charge in [-0.05, 0) is 45.4 Å². The Labute approximate surface area is 152 Å². The van der Waals surface area contributed by atoms with Crippen LogP contribution in [0.3, 0.4) is 0 Å². The number of hydrogen-bond donors (Lipinski definition) is 2. The smallest absolute Gasteiger partial charge is 0.242 e. The summed E-state index contributed by atoms with van der Waals surface area (Å²) in [6.45, 7) is 5.52. The molecule has 5 nitrogen and oxygen atoms in total. The van der Waals surface area contributed by atoms with Gasteiger partial charge < -0.3 is 15.1 Å². The van der Waals surface area contributed by atoms with E-state index < -0.39 is 0 Å². The van der Waals surface area contributed by atoms with Gasteiger partial charge in [0.2, 0.25) is 11.8 Å². The maximum absolute atomic E-state index is 12.6. The summed E-state index contributed by atoms with van der Waals surface area (Å²) >= 11 is 0. The quantitative estimate of drug-likeness (QED) is 0.709. The van der Waals surface area contributed by atoms with E-state index in [1.807, 2.05) is 4.90 Å². The molecule has 0 bridgehead atoms. The lowest BCUT2D eigenvalue weighted by atomic mass is 9.93. The zero-order chi connectivity index (χ0) is 17.6. The van der Waals surface area contributed by atoms with E-state index >= 15 is 0 Å². The van der Waals surface area contributed by atoms with E-state index in [1.54, 1.807) is 4.90 Å². The molecule has 0 aromatic carbocycles. The van der Waals surface area contributed by atoms with E-state index in [0.717, 1.165) is 38.4 Å². The van der Waals surface area contributed by atoms with Crippen LogP contribution in [0.15, 0.2) is 0 Å². The number of hydrogen-bond acceptors (Lipinski definition) is 2. The standard InChI is InChI=1S/C20H35N3O2/c1-16-8-5-6-14-22(16)15-7-13-21-20(25)18-11-12-19(24)23(18)17-9-3-2-4-10-17/h16-18H,2-15H2,1H3,(H,21,25)/p+1. The fourth-order valence-corrected chi connectivity index (χ4v) is 5.05. The Morgan fingerprint density at radius 2 is 1.88 bits per heavy atom. The minimum absolute atomic E-state index is 0.0816. The van der Waals surface area contributed by atoms with Gasteiger partial charge in [0.1, 0.15) is 6.04 Å². The summed E-state index contributed by atoms with van der Waals surface area (Å²) in [5.41, 5.74) is 0. The number of carbonyl (C=O) groups is 2. The molecule has 1 saturated carbocycles. The van der Waals surface area contributed by atoms with Crippen molar-refractivity contribution in [2.24, 2.45) is 0 Å². The second-order valence-electron chi connectivity index (χ2n) is 8.35. The van der Waals surface area contributed by atoms with Crippen LogP contribution in [0.5, 0.6) is 0 Å². The molecule has 142 valence electrons. The topological polar surface area (TPSA) is 53.9 Å². The van der Waals surface area contributed by atoms with Crippen molar-refractivity contribution >= 4 is 11.8 Å². The van der Waals surface area contributed by atoms with Crippen LogP contribution in [0.2, 0.25) is 0 Å². The van der Waals surface area contributed by atoms with Crippen molar-refractivity contribution in [1.82, 2.24) is 10.2 Å². The molecule has 3 rings (SSSR count). The second-order valence-corrected chi connectivity index (χ2v) is 8.35. The summed E-state index contributed by atoms with van der Waals surface area (Å²) in [6, 6.07) is 0.855. The van der Waals surface area contributed by atoms with Crippen LogP contribution in [-0.2, 0) is 9.59 Å². The molecule has 3 fully saturated rings. The predicted molar refractivity (Wildman–Crippen MR) is 98.4 cm³/mol. The molecular weight excluding hydrogens is 314 g/mol. The van der Waals surface area contributed by atoms with Crippen molar-refractivity contribution in [3.63, 3.8) is 0 Å². The van der Waals surface area contributed by atoms with Gasteiger partial charge in [-0.3, -0.25) is 9.59 Å². The Kier molecular flexibility index (Phi) is 6.74. The molecule has 25 heavy (non-hydrogen) atoms. The number of piperidine rings is 1. The van der Waals surface area contributed by atoms with Crippen molar-refractivity contribution in [3.05, 3.63) is 0 Å². The molecule has 2 amide bonds. The SMILES string of the molecule is CC1CCCC[NH+]1CCCNC(=O)C1CCC(=O)N1C1CCCCC1. The molecule has 0 spiro atoms. The molecule has 3 aliphatic rings. The first-order valence-electron chi connectivity index (χ1n) is 10.6. The largest absolute Gasteiger partial charge is 0.354 e. The van der Waals surface area contributed by atoms with E-state index in [-0.39, 0.29) is 17.9 Å². The molecule has 5 heteroatoms. The predicted octanol–water partition coefficient (Wildman–Crippen LogP) is 1.27. The van der Waals surface area contributed by atoms with E-state index in [4.69, 9.17) is 0 Å². The summed E-state index contributed by atoms with van der Waals surface area (Å²) in [7, 11) is 0. The Morgan fingerprint density at radius 3 is 2.64 bits per heavy atom. The van der Waals surface area contributed by atoms with E-state index in [0.29, 0.717) is 18.9 Å². The van der Waals surface area contributed by atoms with Crippen molar-refractivity contribution in [2.75, 3.05) is 19.6 Å². The molecule has 0 aromatic rings. The lowest BCUT2D eigenvalue weighted by molar-refractivity contribution is -0.928. The number of carbonyl (C=O) groups excluding carboxylic acids is 2. The number of rotatable bonds is 6. The van der Waals surface area contributed by atoms with Gasteiger partial charge in [0.15, 0.2) is 0 Å². The van der Waals surface area contributed by atoms with Crippen molar-refractivity contribution < 1.29 is 14.5 Å². The normalized spacial score (nSPS) is 31.3. The lowest BCUT2D eigenvalue weighted by Crippen LogP contribution is -3.16. The van der Waals surface area contributed by atoms with Crippen LogP contribution in [-0.4, -0.2) is 54.5 Å². The van der Waals surface area contributed by atoms with Crippen LogP contribution in [0.25, 0.3) is 0 Å². The maximum Gasteiger partial charge on any atom is 0.242 e. The lowest BCUT2D eigenvalue weighted by Gasteiger charge is -2.35. The third-order valence-corrected chi connectivity index (χ3v) is 6.58. The summed E-state index contributed by atoms with van der Waals surface area (Å²) in [6.07, 6.45) is 12.1. The average Bonchev–Trinajstić information content (AvgIpc) is 3.02. The van der Waals surface area contributed by atoms with Crippen molar-refractivity contribution in [1.29, 1.82) is 0 Å². The summed E-state index contributed by atoms with van der Waals surface area (Å²) < 4.78 is 0. The summed E-state index contributed by atoms with van der Waals surface area (Å²) in [5, 5.41) is 3.12. The van der Waals surface area contributed by atoms with Gasteiger partial charge in [0.05, 0.1) is 19.1 Å². The van der Waals surface area contributed by atoms with Gasteiger partial charge in [0, 0.05) is 25.4 Å². The Balaban J connectivity index is 1.43. The number of nitrogens with zero attached hydrogens (tertiary/aromatic N) is 1. The molecule has 0 aromatic heterocycles. The summed E-state index contributed by atoms with van der Waals surface area (Å²) in [4.78, 5) is 28.6. The fraction of sp³-hybridized carbons (Fsp3) is 0.900. The monoisotopic (exact) mass is 350 g/mol. The molecule has 2 aliphatic heterocycles. The summed E-state index contributed by atoms with van der Waals surface area (Å²) in [5.74, 6) is 0.275. The van der Waals surface area contributed by atoms with Crippen molar-refractivity contribution in [3.8, 4) is 0 Å². The molecule has 0 radical (unpaired) electrons. The fourth-order valence-electron chi connectivity index (χ4n) is 5.05. The third-order valence-electron chi connectivity index (χ3n) is 6.58. The highest BCUT2D eigenvalue weighted by Crippen LogP contribution is 2.30. The van der Waals surface area contributed by atoms with E-state index in [2.05, 4.69) is 12.2 Å². The first kappa shape index (κ1) is 18.7. The van der Waals surface area contributed by atoms with Gasteiger partial charge in [-0.1, -0.05) is 19.3 Å². The molecule has 1 aliphatic carbocycles. The van der Waals surface area contributed by atoms with Crippen LogP contribution in [0.1, 0.15) is 77.6 Å². The number of nitrogens with one attached hydrogen (secondary N) is 2. The van der Waals surface area contributed by atoms with Crippen LogP contribution < -0.4 is 10.2 Å². The second kappa shape index (κ2) is 9.02. The number of quaternary nitrogens is 1.